The molecular formula is C14H18FNO2. The molecule has 1 fully saturated rings. The molecular weight excluding hydrogens is 233 g/mol. The van der Waals surface area contributed by atoms with Crippen molar-refractivity contribution in [3.63, 3.8) is 0 Å². The van der Waals surface area contributed by atoms with Crippen molar-refractivity contribution >= 4 is 5.78 Å². The van der Waals surface area contributed by atoms with E-state index in [2.05, 4.69) is 0 Å². The van der Waals surface area contributed by atoms with Gasteiger partial charge in [-0.1, -0.05) is 0 Å². The predicted molar refractivity (Wildman–Crippen MR) is 67.0 cm³/mol. The zero-order chi connectivity index (χ0) is 13.1. The number of carbonyl (C=O) groups excluding carboxylic acids is 1. The third kappa shape index (κ3) is 2.94. The van der Waals surface area contributed by atoms with Gasteiger partial charge in [0.1, 0.15) is 5.82 Å². The van der Waals surface area contributed by atoms with Crippen LogP contribution in [0.3, 0.4) is 0 Å². The quantitative estimate of drug-likeness (QED) is 0.784. The van der Waals surface area contributed by atoms with Gasteiger partial charge in [-0.05, 0) is 44.0 Å². The molecule has 0 heterocycles. The lowest BCUT2D eigenvalue weighted by atomic mass is 10.0. The summed E-state index contributed by atoms with van der Waals surface area (Å²) >= 11 is 0. The first-order chi connectivity index (χ1) is 8.63. The average Bonchev–Trinajstić information content (AvgIpc) is 3.19. The van der Waals surface area contributed by atoms with E-state index in [1.54, 1.807) is 0 Å². The van der Waals surface area contributed by atoms with Crippen LogP contribution < -0.4 is 0 Å². The summed E-state index contributed by atoms with van der Waals surface area (Å²) in [4.78, 5) is 14.3. The lowest BCUT2D eigenvalue weighted by Crippen LogP contribution is -2.42. The van der Waals surface area contributed by atoms with Gasteiger partial charge in [-0.25, -0.2) is 4.39 Å². The second-order valence-corrected chi connectivity index (χ2v) is 4.74. The monoisotopic (exact) mass is 251 g/mol. The molecule has 4 heteroatoms. The van der Waals surface area contributed by atoms with Gasteiger partial charge in [0.15, 0.2) is 5.78 Å². The Balaban J connectivity index is 2.08. The molecule has 1 unspecified atom stereocenters. The van der Waals surface area contributed by atoms with Gasteiger partial charge < -0.3 is 5.11 Å². The van der Waals surface area contributed by atoms with E-state index in [4.69, 9.17) is 5.11 Å². The third-order valence-electron chi connectivity index (χ3n) is 3.38. The van der Waals surface area contributed by atoms with E-state index in [-0.39, 0.29) is 24.2 Å². The van der Waals surface area contributed by atoms with Gasteiger partial charge in [0.25, 0.3) is 0 Å². The first-order valence-electron chi connectivity index (χ1n) is 6.30. The summed E-state index contributed by atoms with van der Waals surface area (Å²) in [6, 6.07) is 5.77. The number of hydrogen-bond acceptors (Lipinski definition) is 3. The number of halogens is 1. The highest BCUT2D eigenvalue weighted by Gasteiger charge is 2.34. The van der Waals surface area contributed by atoms with Crippen molar-refractivity contribution in [2.24, 2.45) is 0 Å². The molecule has 0 saturated heterocycles. The highest BCUT2D eigenvalue weighted by Crippen LogP contribution is 2.29. The van der Waals surface area contributed by atoms with Crippen LogP contribution in [0.15, 0.2) is 24.3 Å². The number of nitrogens with zero attached hydrogens (tertiary/aromatic N) is 1. The molecule has 1 saturated carbocycles. The molecule has 0 aliphatic heterocycles. The van der Waals surface area contributed by atoms with E-state index in [1.807, 2.05) is 11.8 Å². The van der Waals surface area contributed by atoms with Crippen LogP contribution in [0, 0.1) is 5.82 Å². The van der Waals surface area contributed by atoms with Gasteiger partial charge in [-0.15, -0.1) is 0 Å². The summed E-state index contributed by atoms with van der Waals surface area (Å²) in [6.07, 6.45) is 2.17. The molecule has 1 aliphatic rings. The molecule has 3 nitrogen and oxygen atoms in total. The van der Waals surface area contributed by atoms with Gasteiger partial charge in [-0.3, -0.25) is 9.69 Å². The van der Waals surface area contributed by atoms with Crippen LogP contribution in [0.25, 0.3) is 0 Å². The largest absolute Gasteiger partial charge is 0.395 e. The summed E-state index contributed by atoms with van der Waals surface area (Å²) in [5.41, 5.74) is 0.521. The van der Waals surface area contributed by atoms with Crippen molar-refractivity contribution in [2.45, 2.75) is 31.8 Å². The molecule has 1 aliphatic carbocycles. The molecule has 0 radical (unpaired) electrons. The SMILES string of the molecule is CC(C(=O)c1ccc(F)cc1)N(CCO)C1CC1. The topological polar surface area (TPSA) is 40.5 Å². The molecule has 0 spiro atoms. The van der Waals surface area contributed by atoms with Crippen LogP contribution in [0.2, 0.25) is 0 Å². The third-order valence-corrected chi connectivity index (χ3v) is 3.38. The lowest BCUT2D eigenvalue weighted by molar-refractivity contribution is 0.0792. The Morgan fingerprint density at radius 3 is 2.56 bits per heavy atom. The molecule has 1 aromatic rings. The molecule has 0 aromatic heterocycles. The Bertz CT molecular complexity index is 414. The number of benzene rings is 1. The normalized spacial score (nSPS) is 16.9. The van der Waals surface area contributed by atoms with Gasteiger partial charge in [0, 0.05) is 18.2 Å². The number of carbonyl (C=O) groups is 1. The van der Waals surface area contributed by atoms with E-state index in [0.717, 1.165) is 12.8 Å². The summed E-state index contributed by atoms with van der Waals surface area (Å²) in [5.74, 6) is -0.357. The van der Waals surface area contributed by atoms with Crippen LogP contribution in [-0.2, 0) is 0 Å². The Labute approximate surface area is 106 Å². The van der Waals surface area contributed by atoms with E-state index in [0.29, 0.717) is 18.2 Å². The number of rotatable bonds is 6. The fraction of sp³-hybridized carbons (Fsp3) is 0.500. The zero-order valence-electron chi connectivity index (χ0n) is 10.5. The highest BCUT2D eigenvalue weighted by atomic mass is 19.1. The van der Waals surface area contributed by atoms with E-state index < -0.39 is 0 Å². The predicted octanol–water partition coefficient (Wildman–Crippen LogP) is 1.85. The van der Waals surface area contributed by atoms with Crippen LogP contribution in [0.1, 0.15) is 30.1 Å². The molecule has 1 N–H and O–H groups in total. The fourth-order valence-electron chi connectivity index (χ4n) is 2.22. The number of Topliss-reactive ketones (excluding diaryl/α,β-unsaturated/α-hetero) is 1. The van der Waals surface area contributed by atoms with Crippen molar-refractivity contribution < 1.29 is 14.3 Å². The maximum absolute atomic E-state index is 12.8. The standard InChI is InChI=1S/C14H18FNO2/c1-10(16(8-9-17)13-6-7-13)14(18)11-2-4-12(15)5-3-11/h2-5,10,13,17H,6-9H2,1H3. The maximum Gasteiger partial charge on any atom is 0.179 e. The smallest absolute Gasteiger partial charge is 0.179 e. The Hall–Kier alpha value is -1.26. The molecule has 0 bridgehead atoms. The van der Waals surface area contributed by atoms with E-state index in [1.165, 1.54) is 24.3 Å². The van der Waals surface area contributed by atoms with Crippen molar-refractivity contribution in [3.8, 4) is 0 Å². The molecule has 0 amide bonds. The Morgan fingerprint density at radius 1 is 1.44 bits per heavy atom. The molecule has 18 heavy (non-hydrogen) atoms. The second kappa shape index (κ2) is 5.59. The number of aliphatic hydroxyl groups is 1. The maximum atomic E-state index is 12.8. The lowest BCUT2D eigenvalue weighted by Gasteiger charge is -2.27. The van der Waals surface area contributed by atoms with E-state index in [9.17, 15) is 9.18 Å². The zero-order valence-corrected chi connectivity index (χ0v) is 10.5. The minimum atomic E-state index is -0.339. The minimum absolute atomic E-state index is 0.0182. The van der Waals surface area contributed by atoms with Crippen molar-refractivity contribution in [2.75, 3.05) is 13.2 Å². The molecule has 1 aromatic carbocycles. The highest BCUT2D eigenvalue weighted by molar-refractivity contribution is 5.99. The Kier molecular flexibility index (Phi) is 4.09. The minimum Gasteiger partial charge on any atom is -0.395 e. The fourth-order valence-corrected chi connectivity index (χ4v) is 2.22. The van der Waals surface area contributed by atoms with Crippen molar-refractivity contribution in [1.82, 2.24) is 4.90 Å². The summed E-state index contributed by atoms with van der Waals surface area (Å²) in [7, 11) is 0. The summed E-state index contributed by atoms with van der Waals surface area (Å²) in [6.45, 7) is 2.41. The average molecular weight is 251 g/mol. The molecule has 1 atom stereocenters. The van der Waals surface area contributed by atoms with Crippen LogP contribution in [0.5, 0.6) is 0 Å². The van der Waals surface area contributed by atoms with Crippen molar-refractivity contribution in [1.29, 1.82) is 0 Å². The number of aliphatic hydroxyl groups excluding tert-OH is 1. The first kappa shape index (κ1) is 13.2. The molecule has 2 rings (SSSR count). The first-order valence-corrected chi connectivity index (χ1v) is 6.30. The second-order valence-electron chi connectivity index (χ2n) is 4.74. The summed E-state index contributed by atoms with van der Waals surface area (Å²) in [5, 5.41) is 9.05. The van der Waals surface area contributed by atoms with Crippen LogP contribution >= 0.6 is 0 Å². The van der Waals surface area contributed by atoms with E-state index >= 15 is 0 Å². The van der Waals surface area contributed by atoms with Crippen LogP contribution in [-0.4, -0.2) is 41.0 Å². The van der Waals surface area contributed by atoms with Gasteiger partial charge >= 0.3 is 0 Å². The van der Waals surface area contributed by atoms with Gasteiger partial charge in [0.05, 0.1) is 12.6 Å². The van der Waals surface area contributed by atoms with Gasteiger partial charge in [0.2, 0.25) is 0 Å². The number of hydrogen-bond donors (Lipinski definition) is 1. The van der Waals surface area contributed by atoms with Crippen molar-refractivity contribution in [3.05, 3.63) is 35.6 Å². The van der Waals surface area contributed by atoms with Gasteiger partial charge in [-0.2, -0.15) is 0 Å². The Morgan fingerprint density at radius 2 is 2.06 bits per heavy atom. The number of ketones is 1. The summed E-state index contributed by atoms with van der Waals surface area (Å²) < 4.78 is 12.8. The van der Waals surface area contributed by atoms with Crippen LogP contribution in [0.4, 0.5) is 4.39 Å². The molecule has 98 valence electrons.